The molecule has 0 saturated carbocycles. The highest BCUT2D eigenvalue weighted by molar-refractivity contribution is 7.22. The van der Waals surface area contributed by atoms with Gasteiger partial charge in [-0.2, -0.15) is 0 Å². The third-order valence-electron chi connectivity index (χ3n) is 6.94. The maximum atomic E-state index is 14.7. The van der Waals surface area contributed by atoms with Crippen molar-refractivity contribution in [3.05, 3.63) is 53.4 Å². The summed E-state index contributed by atoms with van der Waals surface area (Å²) in [7, 11) is 3.31. The Balaban J connectivity index is 0.000000191. The number of halogens is 1. The minimum Gasteiger partial charge on any atom is -0.481 e. The second-order valence-corrected chi connectivity index (χ2v) is 10.4. The van der Waals surface area contributed by atoms with E-state index in [2.05, 4.69) is 16.2 Å². The number of carbonyl (C=O) groups is 4. The summed E-state index contributed by atoms with van der Waals surface area (Å²) in [5.74, 6) is 0.406. The molecule has 0 bridgehead atoms. The molecule has 1 aromatic heterocycles. The van der Waals surface area contributed by atoms with Crippen LogP contribution in [0.4, 0.5) is 25.7 Å². The number of hydrogen-bond acceptors (Lipinski definition) is 7. The first kappa shape index (κ1) is 27.8. The van der Waals surface area contributed by atoms with Crippen molar-refractivity contribution in [3.8, 4) is 18.1 Å². The molecular formula is C29H26FN5O5S. The van der Waals surface area contributed by atoms with E-state index in [9.17, 15) is 23.6 Å². The first-order valence-corrected chi connectivity index (χ1v) is 13.7. The number of rotatable bonds is 3. The monoisotopic (exact) mass is 575 g/mol. The van der Waals surface area contributed by atoms with E-state index in [-0.39, 0.29) is 42.2 Å². The van der Waals surface area contributed by atoms with E-state index in [0.717, 1.165) is 34.0 Å². The van der Waals surface area contributed by atoms with Gasteiger partial charge in [-0.3, -0.25) is 24.2 Å². The van der Waals surface area contributed by atoms with Crippen molar-refractivity contribution in [2.24, 2.45) is 0 Å². The van der Waals surface area contributed by atoms with Gasteiger partial charge in [0.25, 0.3) is 17.7 Å². The molecule has 3 heterocycles. The fraction of sp³-hybridized carbons (Fsp3) is 0.276. The van der Waals surface area contributed by atoms with Crippen molar-refractivity contribution in [3.63, 3.8) is 0 Å². The zero-order chi connectivity index (χ0) is 29.3. The average molecular weight is 576 g/mol. The number of nitrogens with one attached hydrogen (secondary N) is 1. The smallest absolute Gasteiger partial charge is 0.323 e. The van der Waals surface area contributed by atoms with Gasteiger partial charge in [-0.1, -0.05) is 29.4 Å². The van der Waals surface area contributed by atoms with E-state index in [1.807, 2.05) is 24.3 Å². The van der Waals surface area contributed by atoms with E-state index in [1.165, 1.54) is 27.2 Å². The quantitative estimate of drug-likeness (QED) is 0.373. The number of amides is 5. The van der Waals surface area contributed by atoms with Crippen LogP contribution in [-0.4, -0.2) is 56.0 Å². The molecule has 2 aliphatic heterocycles. The maximum Gasteiger partial charge on any atom is 0.323 e. The molecule has 6 rings (SSSR count). The van der Waals surface area contributed by atoms with Crippen LogP contribution in [0.5, 0.6) is 5.75 Å². The van der Waals surface area contributed by atoms with E-state index in [0.29, 0.717) is 29.1 Å². The fourth-order valence-corrected chi connectivity index (χ4v) is 5.79. The number of fused-ring (bicyclic) bond motifs is 2. The summed E-state index contributed by atoms with van der Waals surface area (Å²) in [6.07, 6.45) is 8.01. The standard InChI is InChI=1S/C19H15FN2O4.C10H11N3OS/c1-2-7-21-15-9-14(13(20)8-16(15)26-10-17(21)23)22-18(24)11-5-3-4-6-12(11)19(22)25;1-11-9(14)13(2)10-12-7-5-3-4-6-8(7)15-10/h1,8-9H,3-7,10H2;3-6H,1-2H3,(H,11,14). The largest absolute Gasteiger partial charge is 0.481 e. The van der Waals surface area contributed by atoms with E-state index in [4.69, 9.17) is 11.2 Å². The number of terminal acetylenes is 1. The Morgan fingerprint density at radius 1 is 1.15 bits per heavy atom. The molecule has 12 heteroatoms. The van der Waals surface area contributed by atoms with Crippen LogP contribution in [0.25, 0.3) is 10.2 Å². The predicted molar refractivity (Wildman–Crippen MR) is 154 cm³/mol. The first-order chi connectivity index (χ1) is 19.7. The Hall–Kier alpha value is -4.76. The molecule has 0 unspecified atom stereocenters. The highest BCUT2D eigenvalue weighted by Gasteiger charge is 2.41. The number of benzene rings is 2. The molecule has 1 aliphatic carbocycles. The molecule has 1 N–H and O–H groups in total. The van der Waals surface area contributed by atoms with Gasteiger partial charge in [-0.05, 0) is 43.9 Å². The van der Waals surface area contributed by atoms with Crippen molar-refractivity contribution in [2.45, 2.75) is 25.7 Å². The van der Waals surface area contributed by atoms with Gasteiger partial charge in [0.1, 0.15) is 5.75 Å². The van der Waals surface area contributed by atoms with Crippen LogP contribution in [0, 0.1) is 18.2 Å². The summed E-state index contributed by atoms with van der Waals surface area (Å²) in [6.45, 7) is -0.262. The van der Waals surface area contributed by atoms with Gasteiger partial charge in [-0.15, -0.1) is 6.42 Å². The summed E-state index contributed by atoms with van der Waals surface area (Å²) in [4.78, 5) is 56.8. The number of imide groups is 1. The average Bonchev–Trinajstić information content (AvgIpc) is 3.53. The second kappa shape index (κ2) is 11.4. The maximum absolute atomic E-state index is 14.7. The van der Waals surface area contributed by atoms with Crippen molar-refractivity contribution in [2.75, 3.05) is 41.9 Å². The molecule has 0 spiro atoms. The number of hydrogen-bond donors (Lipinski definition) is 1. The number of thiazole rings is 1. The molecule has 3 aliphatic rings. The third kappa shape index (κ3) is 5.12. The van der Waals surface area contributed by atoms with Crippen LogP contribution in [0.1, 0.15) is 25.7 Å². The number of para-hydroxylation sites is 1. The molecular weight excluding hydrogens is 549 g/mol. The van der Waals surface area contributed by atoms with Crippen LogP contribution in [0.15, 0.2) is 47.5 Å². The van der Waals surface area contributed by atoms with Crippen molar-refractivity contribution < 1.29 is 28.3 Å². The first-order valence-electron chi connectivity index (χ1n) is 12.9. The lowest BCUT2D eigenvalue weighted by Gasteiger charge is -2.29. The molecule has 3 aromatic rings. The number of aromatic nitrogens is 1. The van der Waals surface area contributed by atoms with Crippen molar-refractivity contribution in [1.29, 1.82) is 0 Å². The Bertz CT molecular complexity index is 1600. The van der Waals surface area contributed by atoms with Crippen LogP contribution in [0.2, 0.25) is 0 Å². The normalized spacial score (nSPS) is 16.0. The van der Waals surface area contributed by atoms with Gasteiger partial charge in [-0.25, -0.2) is 19.1 Å². The Labute approximate surface area is 239 Å². The number of nitrogens with zero attached hydrogens (tertiary/aromatic N) is 4. The topological polar surface area (TPSA) is 112 Å². The molecule has 2 aromatic carbocycles. The van der Waals surface area contributed by atoms with Crippen LogP contribution >= 0.6 is 11.3 Å². The Morgan fingerprint density at radius 3 is 2.46 bits per heavy atom. The number of ether oxygens (including phenoxy) is 1. The lowest BCUT2D eigenvalue weighted by atomic mass is 9.93. The summed E-state index contributed by atoms with van der Waals surface area (Å²) in [6, 6.07) is 10.0. The van der Waals surface area contributed by atoms with Crippen molar-refractivity contribution >= 4 is 61.8 Å². The number of anilines is 3. The molecule has 5 amide bonds. The molecule has 41 heavy (non-hydrogen) atoms. The summed E-state index contributed by atoms with van der Waals surface area (Å²) >= 11 is 1.50. The minimum atomic E-state index is -0.764. The highest BCUT2D eigenvalue weighted by Crippen LogP contribution is 2.41. The second-order valence-electron chi connectivity index (χ2n) is 9.43. The summed E-state index contributed by atoms with van der Waals surface area (Å²) in [5, 5.41) is 3.27. The van der Waals surface area contributed by atoms with Gasteiger partial charge in [0.15, 0.2) is 17.6 Å². The number of carbonyl (C=O) groups excluding carboxylic acids is 4. The number of urea groups is 1. The third-order valence-corrected chi connectivity index (χ3v) is 8.05. The van der Waals surface area contributed by atoms with Crippen LogP contribution in [0.3, 0.4) is 0 Å². The zero-order valence-electron chi connectivity index (χ0n) is 22.4. The van der Waals surface area contributed by atoms with Gasteiger partial charge in [0.2, 0.25) is 0 Å². The minimum absolute atomic E-state index is 0.0170. The lowest BCUT2D eigenvalue weighted by molar-refractivity contribution is -0.121. The van der Waals surface area contributed by atoms with Gasteiger partial charge in [0, 0.05) is 31.3 Å². The molecule has 0 radical (unpaired) electrons. The van der Waals surface area contributed by atoms with E-state index >= 15 is 0 Å². The lowest BCUT2D eigenvalue weighted by Crippen LogP contribution is -2.39. The molecule has 0 atom stereocenters. The highest BCUT2D eigenvalue weighted by atomic mass is 32.1. The predicted octanol–water partition coefficient (Wildman–Crippen LogP) is 4.00. The van der Waals surface area contributed by atoms with Crippen molar-refractivity contribution in [1.82, 2.24) is 10.3 Å². The summed E-state index contributed by atoms with van der Waals surface area (Å²) < 4.78 is 21.0. The zero-order valence-corrected chi connectivity index (χ0v) is 23.2. The van der Waals surface area contributed by atoms with Crippen LogP contribution < -0.4 is 24.8 Å². The fourth-order valence-electron chi connectivity index (χ4n) is 4.86. The summed E-state index contributed by atoms with van der Waals surface area (Å²) in [5.41, 5.74) is 1.92. The SMILES string of the molecule is C#CCN1C(=O)COc2cc(F)c(N3C(=O)C4=C(CCCC4)C3=O)cc21.CNC(=O)N(C)c1nc2ccccc2s1. The Kier molecular flexibility index (Phi) is 7.72. The molecule has 0 saturated heterocycles. The van der Waals surface area contributed by atoms with Gasteiger partial charge in [0.05, 0.1) is 28.1 Å². The van der Waals surface area contributed by atoms with Gasteiger partial charge >= 0.3 is 6.03 Å². The molecule has 10 nitrogen and oxygen atoms in total. The van der Waals surface area contributed by atoms with E-state index in [1.54, 1.807) is 14.1 Å². The van der Waals surface area contributed by atoms with Crippen LogP contribution in [-0.2, 0) is 14.4 Å². The molecule has 0 fully saturated rings. The van der Waals surface area contributed by atoms with E-state index < -0.39 is 17.6 Å². The van der Waals surface area contributed by atoms with Gasteiger partial charge < -0.3 is 10.1 Å². The Morgan fingerprint density at radius 2 is 1.83 bits per heavy atom. The molecule has 210 valence electrons.